The first-order valence-corrected chi connectivity index (χ1v) is 9.99. The zero-order valence-electron chi connectivity index (χ0n) is 17.7. The van der Waals surface area contributed by atoms with Gasteiger partial charge in [-0.15, -0.1) is 24.0 Å². The topological polar surface area (TPSA) is 69.1 Å². The number of aliphatic hydroxyl groups excluding tert-OH is 1. The van der Waals surface area contributed by atoms with E-state index in [-0.39, 0.29) is 29.6 Å². The predicted molar refractivity (Wildman–Crippen MR) is 128 cm³/mol. The Kier molecular flexibility index (Phi) is 11.1. The summed E-state index contributed by atoms with van der Waals surface area (Å²) < 4.78 is 5.45. The van der Waals surface area contributed by atoms with Crippen LogP contribution in [-0.2, 0) is 11.3 Å². The number of piperidine rings is 1. The van der Waals surface area contributed by atoms with Crippen molar-refractivity contribution in [3.63, 3.8) is 0 Å². The van der Waals surface area contributed by atoms with Crippen LogP contribution in [-0.4, -0.2) is 56.6 Å². The molecule has 1 aliphatic rings. The lowest BCUT2D eigenvalue weighted by Crippen LogP contribution is -2.45. The second kappa shape index (κ2) is 12.5. The molecule has 2 rings (SSSR count). The lowest BCUT2D eigenvalue weighted by molar-refractivity contribution is 0.0268. The lowest BCUT2D eigenvalue weighted by Gasteiger charge is -2.32. The number of hydrogen-bond donors (Lipinski definition) is 3. The maximum Gasteiger partial charge on any atom is 0.191 e. The summed E-state index contributed by atoms with van der Waals surface area (Å²) in [5.74, 6) is 1.27. The molecule has 0 unspecified atom stereocenters. The molecule has 1 aromatic carbocycles. The molecule has 0 bridgehead atoms. The van der Waals surface area contributed by atoms with Crippen LogP contribution in [0.4, 0.5) is 5.69 Å². The van der Waals surface area contributed by atoms with Crippen LogP contribution in [0.5, 0.6) is 0 Å². The molecule has 28 heavy (non-hydrogen) atoms. The van der Waals surface area contributed by atoms with Crippen molar-refractivity contribution in [2.75, 3.05) is 44.8 Å². The molecule has 7 heteroatoms. The highest BCUT2D eigenvalue weighted by Gasteiger charge is 2.18. The largest absolute Gasteiger partial charge is 0.396 e. The third-order valence-corrected chi connectivity index (χ3v) is 5.17. The molecule has 1 aliphatic heterocycles. The Morgan fingerprint density at radius 3 is 2.39 bits per heavy atom. The second-order valence-electron chi connectivity index (χ2n) is 7.79. The molecule has 1 heterocycles. The number of nitrogens with zero attached hydrogens (tertiary/aromatic N) is 2. The highest BCUT2D eigenvalue weighted by Crippen LogP contribution is 2.23. The lowest BCUT2D eigenvalue weighted by atomic mass is 9.97. The second-order valence-corrected chi connectivity index (χ2v) is 7.79. The van der Waals surface area contributed by atoms with Gasteiger partial charge in [-0.1, -0.05) is 12.1 Å². The molecule has 3 N–H and O–H groups in total. The van der Waals surface area contributed by atoms with Gasteiger partial charge in [0, 0.05) is 45.6 Å². The Morgan fingerprint density at radius 2 is 1.86 bits per heavy atom. The van der Waals surface area contributed by atoms with Crippen molar-refractivity contribution in [3.05, 3.63) is 29.8 Å². The number of halogens is 1. The third-order valence-electron chi connectivity index (χ3n) is 5.17. The summed E-state index contributed by atoms with van der Waals surface area (Å²) in [7, 11) is 1.72. The number of aliphatic hydroxyl groups is 1. The SMILES string of the molecule is CCNC(=NCc1ccc(N2CCC(CO)CC2)cc1)NCC(C)(C)OC.I. The minimum Gasteiger partial charge on any atom is -0.396 e. The Morgan fingerprint density at radius 1 is 1.21 bits per heavy atom. The van der Waals surface area contributed by atoms with Crippen molar-refractivity contribution in [1.29, 1.82) is 0 Å². The van der Waals surface area contributed by atoms with E-state index < -0.39 is 0 Å². The van der Waals surface area contributed by atoms with Crippen LogP contribution in [0.2, 0.25) is 0 Å². The monoisotopic (exact) mass is 504 g/mol. The maximum absolute atomic E-state index is 9.27. The molecular formula is C21H37IN4O2. The van der Waals surface area contributed by atoms with E-state index in [4.69, 9.17) is 4.74 Å². The smallest absolute Gasteiger partial charge is 0.191 e. The summed E-state index contributed by atoms with van der Waals surface area (Å²) in [6.45, 7) is 10.7. The summed E-state index contributed by atoms with van der Waals surface area (Å²) in [4.78, 5) is 7.08. The van der Waals surface area contributed by atoms with Gasteiger partial charge in [0.15, 0.2) is 5.96 Å². The number of aliphatic imine (C=N–C) groups is 1. The summed E-state index contributed by atoms with van der Waals surface area (Å²) in [5.41, 5.74) is 2.21. The zero-order chi connectivity index (χ0) is 19.7. The Hall–Kier alpha value is -1.06. The molecule has 6 nitrogen and oxygen atoms in total. The van der Waals surface area contributed by atoms with Crippen molar-refractivity contribution in [2.45, 2.75) is 45.8 Å². The molecule has 0 radical (unpaired) electrons. The van der Waals surface area contributed by atoms with E-state index in [2.05, 4.69) is 51.7 Å². The molecule has 0 aliphatic carbocycles. The average molecular weight is 504 g/mol. The van der Waals surface area contributed by atoms with Gasteiger partial charge in [0.1, 0.15) is 0 Å². The standard InChI is InChI=1S/C21H36N4O2.HI/c1-5-22-20(24-16-21(2,3)27-4)23-14-17-6-8-19(9-7-17)25-12-10-18(15-26)11-13-25;/h6-9,18,26H,5,10-16H2,1-4H3,(H2,22,23,24);1H. The first kappa shape index (κ1) is 25.0. The van der Waals surface area contributed by atoms with E-state index in [0.29, 0.717) is 25.6 Å². The van der Waals surface area contributed by atoms with Gasteiger partial charge in [0.25, 0.3) is 0 Å². The predicted octanol–water partition coefficient (Wildman–Crippen LogP) is 2.99. The first-order valence-electron chi connectivity index (χ1n) is 9.99. The fourth-order valence-electron chi connectivity index (χ4n) is 3.07. The minimum absolute atomic E-state index is 0. The van der Waals surface area contributed by atoms with Gasteiger partial charge < -0.3 is 25.4 Å². The summed E-state index contributed by atoms with van der Waals surface area (Å²) in [6.07, 6.45) is 2.14. The van der Waals surface area contributed by atoms with E-state index in [0.717, 1.165) is 38.4 Å². The van der Waals surface area contributed by atoms with Crippen LogP contribution >= 0.6 is 24.0 Å². The number of benzene rings is 1. The average Bonchev–Trinajstić information content (AvgIpc) is 2.70. The van der Waals surface area contributed by atoms with Crippen LogP contribution in [0.3, 0.4) is 0 Å². The summed E-state index contributed by atoms with van der Waals surface area (Å²) >= 11 is 0. The molecule has 1 aromatic rings. The van der Waals surface area contributed by atoms with Crippen molar-refractivity contribution < 1.29 is 9.84 Å². The van der Waals surface area contributed by atoms with Crippen LogP contribution in [0, 0.1) is 5.92 Å². The van der Waals surface area contributed by atoms with E-state index in [1.807, 2.05) is 13.8 Å². The molecule has 1 fully saturated rings. The fraction of sp³-hybridized carbons (Fsp3) is 0.667. The van der Waals surface area contributed by atoms with Gasteiger partial charge in [-0.05, 0) is 57.2 Å². The normalized spacial score (nSPS) is 15.9. The highest BCUT2D eigenvalue weighted by molar-refractivity contribution is 14.0. The van der Waals surface area contributed by atoms with Gasteiger partial charge in [0.05, 0.1) is 12.1 Å². The van der Waals surface area contributed by atoms with E-state index >= 15 is 0 Å². The number of hydrogen-bond acceptors (Lipinski definition) is 4. The minimum atomic E-state index is -0.235. The van der Waals surface area contributed by atoms with Crippen LogP contribution in [0.1, 0.15) is 39.2 Å². The highest BCUT2D eigenvalue weighted by atomic mass is 127. The van der Waals surface area contributed by atoms with Gasteiger partial charge in [-0.3, -0.25) is 0 Å². The Bertz CT molecular complexity index is 585. The van der Waals surface area contributed by atoms with Crippen molar-refractivity contribution in [2.24, 2.45) is 10.9 Å². The fourth-order valence-corrected chi connectivity index (χ4v) is 3.07. The van der Waals surface area contributed by atoms with E-state index in [1.54, 1.807) is 7.11 Å². The molecule has 0 spiro atoms. The molecule has 0 amide bonds. The number of rotatable bonds is 8. The van der Waals surface area contributed by atoms with Crippen LogP contribution < -0.4 is 15.5 Å². The van der Waals surface area contributed by atoms with Crippen molar-refractivity contribution >= 4 is 35.6 Å². The van der Waals surface area contributed by atoms with Crippen molar-refractivity contribution in [1.82, 2.24) is 10.6 Å². The van der Waals surface area contributed by atoms with Gasteiger partial charge in [-0.2, -0.15) is 0 Å². The molecule has 160 valence electrons. The van der Waals surface area contributed by atoms with Crippen LogP contribution in [0.15, 0.2) is 29.3 Å². The summed E-state index contributed by atoms with van der Waals surface area (Å²) in [6, 6.07) is 8.66. The number of anilines is 1. The molecular weight excluding hydrogens is 467 g/mol. The van der Waals surface area contributed by atoms with Gasteiger partial charge >= 0.3 is 0 Å². The molecule has 0 atom stereocenters. The first-order chi connectivity index (χ1) is 13.0. The number of nitrogens with one attached hydrogen (secondary N) is 2. The van der Waals surface area contributed by atoms with E-state index in [9.17, 15) is 5.11 Å². The number of guanidine groups is 1. The maximum atomic E-state index is 9.27. The quantitative estimate of drug-likeness (QED) is 0.289. The molecule has 0 saturated carbocycles. The van der Waals surface area contributed by atoms with E-state index in [1.165, 1.54) is 11.3 Å². The Balaban J connectivity index is 0.00000392. The molecule has 1 saturated heterocycles. The van der Waals surface area contributed by atoms with Gasteiger partial charge in [-0.25, -0.2) is 4.99 Å². The zero-order valence-corrected chi connectivity index (χ0v) is 20.0. The third kappa shape index (κ3) is 8.13. The van der Waals surface area contributed by atoms with Crippen LogP contribution in [0.25, 0.3) is 0 Å². The molecule has 0 aromatic heterocycles. The number of methoxy groups -OCH3 is 1. The number of ether oxygens (including phenoxy) is 1. The van der Waals surface area contributed by atoms with Gasteiger partial charge in [0.2, 0.25) is 0 Å². The summed E-state index contributed by atoms with van der Waals surface area (Å²) in [5, 5.41) is 15.9. The Labute approximate surface area is 187 Å². The van der Waals surface area contributed by atoms with Crippen molar-refractivity contribution in [3.8, 4) is 0 Å².